The van der Waals surface area contributed by atoms with Crippen molar-refractivity contribution < 1.29 is 0 Å². The van der Waals surface area contributed by atoms with E-state index in [0.717, 1.165) is 24.1 Å². The first-order chi connectivity index (χ1) is 8.34. The van der Waals surface area contributed by atoms with Crippen LogP contribution < -0.4 is 5.69 Å². The number of benzene rings is 1. The summed E-state index contributed by atoms with van der Waals surface area (Å²) in [6, 6.07) is 7.87. The molecule has 1 saturated heterocycles. The lowest BCUT2D eigenvalue weighted by molar-refractivity contribution is 0.322. The van der Waals surface area contributed by atoms with Gasteiger partial charge in [0, 0.05) is 13.1 Å². The smallest absolute Gasteiger partial charge is 0.306 e. The zero-order valence-corrected chi connectivity index (χ0v) is 9.85. The highest BCUT2D eigenvalue weighted by Crippen LogP contribution is 2.10. The molecule has 0 saturated carbocycles. The van der Waals surface area contributed by atoms with Crippen LogP contribution in [-0.4, -0.2) is 34.1 Å². The van der Waals surface area contributed by atoms with Gasteiger partial charge in [-0.1, -0.05) is 12.1 Å². The van der Waals surface area contributed by atoms with E-state index in [1.807, 2.05) is 28.8 Å². The third-order valence-corrected chi connectivity index (χ3v) is 3.52. The van der Waals surface area contributed by atoms with Gasteiger partial charge in [0.2, 0.25) is 0 Å². The molecule has 17 heavy (non-hydrogen) atoms. The van der Waals surface area contributed by atoms with Gasteiger partial charge in [0.05, 0.1) is 11.0 Å². The lowest BCUT2D eigenvalue weighted by Crippen LogP contribution is -2.28. The molecule has 4 nitrogen and oxygen atoms in total. The average molecular weight is 231 g/mol. The van der Waals surface area contributed by atoms with E-state index in [2.05, 4.69) is 9.88 Å². The Morgan fingerprint density at radius 3 is 2.71 bits per heavy atom. The van der Waals surface area contributed by atoms with Crippen molar-refractivity contribution in [1.29, 1.82) is 0 Å². The number of nitrogens with one attached hydrogen (secondary N) is 1. The highest BCUT2D eigenvalue weighted by atomic mass is 16.1. The molecule has 0 spiro atoms. The van der Waals surface area contributed by atoms with Crippen LogP contribution in [0.3, 0.4) is 0 Å². The predicted octanol–water partition coefficient (Wildman–Crippen LogP) is 1.43. The van der Waals surface area contributed by atoms with E-state index in [0.29, 0.717) is 0 Å². The first-order valence-corrected chi connectivity index (χ1v) is 6.24. The van der Waals surface area contributed by atoms with Crippen molar-refractivity contribution >= 4 is 11.0 Å². The van der Waals surface area contributed by atoms with Crippen LogP contribution in [0.5, 0.6) is 0 Å². The van der Waals surface area contributed by atoms with E-state index >= 15 is 0 Å². The number of imidazole rings is 1. The van der Waals surface area contributed by atoms with Crippen molar-refractivity contribution in [3.05, 3.63) is 34.7 Å². The van der Waals surface area contributed by atoms with Crippen molar-refractivity contribution in [3.63, 3.8) is 0 Å². The number of H-pyrrole nitrogens is 1. The zero-order chi connectivity index (χ0) is 11.7. The zero-order valence-electron chi connectivity index (χ0n) is 9.85. The van der Waals surface area contributed by atoms with E-state index < -0.39 is 0 Å². The minimum atomic E-state index is 0.00500. The Labute approximate surface area is 99.9 Å². The fourth-order valence-corrected chi connectivity index (χ4v) is 2.58. The largest absolute Gasteiger partial charge is 0.326 e. The van der Waals surface area contributed by atoms with E-state index in [9.17, 15) is 4.79 Å². The van der Waals surface area contributed by atoms with Crippen molar-refractivity contribution in [3.8, 4) is 0 Å². The van der Waals surface area contributed by atoms with Gasteiger partial charge in [0.15, 0.2) is 0 Å². The summed E-state index contributed by atoms with van der Waals surface area (Å²) in [4.78, 5) is 17.1. The standard InChI is InChI=1S/C13H17N3O/c17-13-14-11-5-1-2-6-12(11)16(13)10-9-15-7-3-4-8-15/h1-2,5-6H,3-4,7-10H2,(H,14,17). The second-order valence-corrected chi connectivity index (χ2v) is 4.65. The van der Waals surface area contributed by atoms with E-state index in [1.54, 1.807) is 0 Å². The second kappa shape index (κ2) is 4.37. The molecule has 0 radical (unpaired) electrons. The SMILES string of the molecule is O=c1[nH]c2ccccc2n1CCN1CCCC1. The number of rotatable bonds is 3. The maximum absolute atomic E-state index is 11.8. The molecule has 1 N–H and O–H groups in total. The van der Waals surface area contributed by atoms with E-state index in [-0.39, 0.29) is 5.69 Å². The van der Waals surface area contributed by atoms with Crippen LogP contribution in [-0.2, 0) is 6.54 Å². The Bertz CT molecular complexity index is 563. The molecule has 1 aliphatic rings. The molecule has 1 aromatic carbocycles. The molecule has 4 heteroatoms. The van der Waals surface area contributed by atoms with Gasteiger partial charge in [-0.05, 0) is 38.1 Å². The normalized spacial score (nSPS) is 16.9. The minimum absolute atomic E-state index is 0.00500. The number of likely N-dealkylation sites (tertiary alicyclic amines) is 1. The number of hydrogen-bond acceptors (Lipinski definition) is 2. The number of para-hydroxylation sites is 2. The fraction of sp³-hybridized carbons (Fsp3) is 0.462. The third-order valence-electron chi connectivity index (χ3n) is 3.52. The van der Waals surface area contributed by atoms with E-state index in [1.165, 1.54) is 25.9 Å². The summed E-state index contributed by atoms with van der Waals surface area (Å²) in [6.45, 7) is 4.11. The molecule has 0 atom stereocenters. The van der Waals surface area contributed by atoms with E-state index in [4.69, 9.17) is 0 Å². The minimum Gasteiger partial charge on any atom is -0.306 e. The Hall–Kier alpha value is -1.55. The summed E-state index contributed by atoms with van der Waals surface area (Å²) in [5.41, 5.74) is 1.95. The Balaban J connectivity index is 1.84. The van der Waals surface area contributed by atoms with Crippen molar-refractivity contribution in [2.45, 2.75) is 19.4 Å². The van der Waals surface area contributed by atoms with Gasteiger partial charge in [-0.3, -0.25) is 4.57 Å². The van der Waals surface area contributed by atoms with Gasteiger partial charge in [0.25, 0.3) is 0 Å². The summed E-state index contributed by atoms with van der Waals surface area (Å²) in [5.74, 6) is 0. The molecule has 3 rings (SSSR count). The quantitative estimate of drug-likeness (QED) is 0.868. The Kier molecular flexibility index (Phi) is 2.73. The molecule has 1 aromatic heterocycles. The summed E-state index contributed by atoms with van der Waals surface area (Å²) in [5, 5.41) is 0. The molecule has 2 aromatic rings. The van der Waals surface area contributed by atoms with Crippen LogP contribution in [0.25, 0.3) is 11.0 Å². The first-order valence-electron chi connectivity index (χ1n) is 6.24. The molecule has 0 aliphatic carbocycles. The molecule has 1 aliphatic heterocycles. The highest BCUT2D eigenvalue weighted by molar-refractivity contribution is 5.74. The van der Waals surface area contributed by atoms with Gasteiger partial charge < -0.3 is 9.88 Å². The lowest BCUT2D eigenvalue weighted by atomic mass is 10.3. The van der Waals surface area contributed by atoms with Crippen molar-refractivity contribution in [2.75, 3.05) is 19.6 Å². The number of aromatic amines is 1. The molecule has 0 bridgehead atoms. The third kappa shape index (κ3) is 2.00. The first kappa shape index (κ1) is 10.6. The van der Waals surface area contributed by atoms with Gasteiger partial charge in [-0.2, -0.15) is 0 Å². The summed E-state index contributed by atoms with van der Waals surface area (Å²) in [7, 11) is 0. The summed E-state index contributed by atoms with van der Waals surface area (Å²) >= 11 is 0. The van der Waals surface area contributed by atoms with Gasteiger partial charge in [0.1, 0.15) is 0 Å². The van der Waals surface area contributed by atoms with Crippen LogP contribution in [0.15, 0.2) is 29.1 Å². The van der Waals surface area contributed by atoms with Crippen molar-refractivity contribution in [2.24, 2.45) is 0 Å². The number of hydrogen-bond donors (Lipinski definition) is 1. The van der Waals surface area contributed by atoms with Crippen LogP contribution in [0.4, 0.5) is 0 Å². The fourth-order valence-electron chi connectivity index (χ4n) is 2.58. The Morgan fingerprint density at radius 2 is 1.88 bits per heavy atom. The maximum atomic E-state index is 11.8. The number of nitrogens with zero attached hydrogens (tertiary/aromatic N) is 2. The van der Waals surface area contributed by atoms with Crippen molar-refractivity contribution in [1.82, 2.24) is 14.5 Å². The summed E-state index contributed by atoms with van der Waals surface area (Å²) < 4.78 is 1.84. The number of aromatic nitrogens is 2. The summed E-state index contributed by atoms with van der Waals surface area (Å²) in [6.07, 6.45) is 2.59. The van der Waals surface area contributed by atoms with Crippen LogP contribution >= 0.6 is 0 Å². The molecule has 0 unspecified atom stereocenters. The molecule has 1 fully saturated rings. The van der Waals surface area contributed by atoms with Gasteiger partial charge in [-0.25, -0.2) is 4.79 Å². The maximum Gasteiger partial charge on any atom is 0.326 e. The molecule has 2 heterocycles. The van der Waals surface area contributed by atoms with Gasteiger partial charge >= 0.3 is 5.69 Å². The topological polar surface area (TPSA) is 41.0 Å². The highest BCUT2D eigenvalue weighted by Gasteiger charge is 2.12. The molecule has 0 amide bonds. The average Bonchev–Trinajstić information content (AvgIpc) is 2.93. The number of fused-ring (bicyclic) bond motifs is 1. The second-order valence-electron chi connectivity index (χ2n) is 4.65. The Morgan fingerprint density at radius 1 is 1.12 bits per heavy atom. The van der Waals surface area contributed by atoms with Gasteiger partial charge in [-0.15, -0.1) is 0 Å². The monoisotopic (exact) mass is 231 g/mol. The molecule has 90 valence electrons. The predicted molar refractivity (Wildman–Crippen MR) is 68.2 cm³/mol. The van der Waals surface area contributed by atoms with Crippen LogP contribution in [0, 0.1) is 0 Å². The molecular formula is C13H17N3O. The van der Waals surface area contributed by atoms with Crippen LogP contribution in [0.1, 0.15) is 12.8 Å². The molecular weight excluding hydrogens is 214 g/mol. The van der Waals surface area contributed by atoms with Crippen LogP contribution in [0.2, 0.25) is 0 Å². The lowest BCUT2D eigenvalue weighted by Gasteiger charge is -2.14.